The number of hydrogen-bond donors (Lipinski definition) is 1. The molecule has 2 aromatic rings. The van der Waals surface area contributed by atoms with Crippen LogP contribution in [0.1, 0.15) is 27.2 Å². The Kier molecular flexibility index (Phi) is 6.37. The van der Waals surface area contributed by atoms with Gasteiger partial charge in [0.15, 0.2) is 0 Å². The van der Waals surface area contributed by atoms with Crippen molar-refractivity contribution < 1.29 is 18.3 Å². The van der Waals surface area contributed by atoms with Crippen LogP contribution >= 0.6 is 11.6 Å². The van der Waals surface area contributed by atoms with Crippen molar-refractivity contribution in [2.24, 2.45) is 0 Å². The number of rotatable bonds is 6. The maximum Gasteiger partial charge on any atom is 0.256 e. The Morgan fingerprint density at radius 2 is 2.04 bits per heavy atom. The van der Waals surface area contributed by atoms with E-state index in [0.29, 0.717) is 11.3 Å². The fourth-order valence-electron chi connectivity index (χ4n) is 2.66. The third kappa shape index (κ3) is 4.40. The average Bonchev–Trinajstić information content (AvgIpc) is 2.56. The van der Waals surface area contributed by atoms with Crippen molar-refractivity contribution in [1.82, 2.24) is 9.88 Å². The van der Waals surface area contributed by atoms with Crippen LogP contribution in [0.4, 0.5) is 8.78 Å². The smallest absolute Gasteiger partial charge is 0.256 e. The number of aromatic amines is 1. The van der Waals surface area contributed by atoms with Gasteiger partial charge in [0.25, 0.3) is 17.9 Å². The van der Waals surface area contributed by atoms with Crippen LogP contribution in [0.3, 0.4) is 0 Å². The lowest BCUT2D eigenvalue weighted by atomic mass is 10.1. The van der Waals surface area contributed by atoms with Crippen LogP contribution in [0.15, 0.2) is 29.1 Å². The molecule has 0 saturated carbocycles. The summed E-state index contributed by atoms with van der Waals surface area (Å²) in [6.07, 6.45) is -2.76. The summed E-state index contributed by atoms with van der Waals surface area (Å²) < 4.78 is 31.1. The van der Waals surface area contributed by atoms with E-state index in [1.165, 1.54) is 13.2 Å². The van der Waals surface area contributed by atoms with E-state index in [1.807, 2.05) is 0 Å². The van der Waals surface area contributed by atoms with E-state index in [2.05, 4.69) is 4.98 Å². The zero-order valence-electron chi connectivity index (χ0n) is 14.6. The van der Waals surface area contributed by atoms with Crippen molar-refractivity contribution in [3.63, 3.8) is 0 Å². The summed E-state index contributed by atoms with van der Waals surface area (Å²) >= 11 is 6.14. The van der Waals surface area contributed by atoms with Crippen LogP contribution < -0.4 is 10.3 Å². The van der Waals surface area contributed by atoms with E-state index in [9.17, 15) is 18.4 Å². The molecule has 0 aliphatic carbocycles. The third-order valence-corrected chi connectivity index (χ3v) is 4.29. The van der Waals surface area contributed by atoms with Crippen LogP contribution in [0.2, 0.25) is 5.02 Å². The number of halogens is 3. The Morgan fingerprint density at radius 3 is 2.62 bits per heavy atom. The molecule has 0 unspecified atom stereocenters. The Morgan fingerprint density at radius 1 is 1.35 bits per heavy atom. The molecule has 1 heterocycles. The van der Waals surface area contributed by atoms with Gasteiger partial charge in [-0.1, -0.05) is 17.7 Å². The number of methoxy groups -OCH3 is 1. The lowest BCUT2D eigenvalue weighted by molar-refractivity contribution is 0.0533. The average molecular weight is 385 g/mol. The summed E-state index contributed by atoms with van der Waals surface area (Å²) in [5.74, 6) is -0.438. The van der Waals surface area contributed by atoms with Gasteiger partial charge in [-0.05, 0) is 37.6 Å². The standard InChI is InChI=1S/C18H19ClF2N2O3/c1-10-7-11(2)22-17(24)13(10)8-23(9-15(20)21)18(25)12-5-4-6-14(26-3)16(12)19/h4-7,15H,8-9H2,1-3H3,(H,22,24). The largest absolute Gasteiger partial charge is 0.495 e. The fraction of sp³-hybridized carbons (Fsp3) is 0.333. The van der Waals surface area contributed by atoms with E-state index in [1.54, 1.807) is 32.0 Å². The molecule has 1 aromatic heterocycles. The number of hydrogen-bond acceptors (Lipinski definition) is 3. The number of H-pyrrole nitrogens is 1. The molecule has 8 heteroatoms. The van der Waals surface area contributed by atoms with E-state index < -0.39 is 24.4 Å². The summed E-state index contributed by atoms with van der Waals surface area (Å²) in [5.41, 5.74) is 1.15. The number of carbonyl (C=O) groups excluding carboxylic acids is 1. The van der Waals surface area contributed by atoms with Gasteiger partial charge in [-0.15, -0.1) is 0 Å². The number of alkyl halides is 2. The Balaban J connectivity index is 2.43. The van der Waals surface area contributed by atoms with Gasteiger partial charge in [-0.25, -0.2) is 8.78 Å². The van der Waals surface area contributed by atoms with Crippen molar-refractivity contribution in [2.75, 3.05) is 13.7 Å². The Hall–Kier alpha value is -2.41. The second kappa shape index (κ2) is 8.31. The van der Waals surface area contributed by atoms with E-state index in [0.717, 1.165) is 4.90 Å². The van der Waals surface area contributed by atoms with Gasteiger partial charge in [0, 0.05) is 11.3 Å². The quantitative estimate of drug-likeness (QED) is 0.828. The zero-order chi connectivity index (χ0) is 19.4. The summed E-state index contributed by atoms with van der Waals surface area (Å²) in [6, 6.07) is 6.26. The number of benzene rings is 1. The van der Waals surface area contributed by atoms with Crippen LogP contribution in [0.25, 0.3) is 0 Å². The highest BCUT2D eigenvalue weighted by Crippen LogP contribution is 2.29. The van der Waals surface area contributed by atoms with Gasteiger partial charge in [0.1, 0.15) is 5.75 Å². The normalized spacial score (nSPS) is 10.9. The minimum absolute atomic E-state index is 0.0351. The molecule has 1 N–H and O–H groups in total. The first kappa shape index (κ1) is 19.9. The van der Waals surface area contributed by atoms with Crippen LogP contribution in [-0.2, 0) is 6.54 Å². The highest BCUT2D eigenvalue weighted by molar-refractivity contribution is 6.35. The van der Waals surface area contributed by atoms with Crippen LogP contribution in [0, 0.1) is 13.8 Å². The molecule has 0 bridgehead atoms. The Bertz CT molecular complexity index is 868. The fourth-order valence-corrected chi connectivity index (χ4v) is 2.94. The van der Waals surface area contributed by atoms with Crippen molar-refractivity contribution in [2.45, 2.75) is 26.8 Å². The molecule has 0 aliphatic heterocycles. The van der Waals surface area contributed by atoms with Gasteiger partial charge in [0.05, 0.1) is 30.8 Å². The predicted octanol–water partition coefficient (Wildman–Crippen LogP) is 3.56. The first-order valence-electron chi connectivity index (χ1n) is 7.84. The molecule has 0 spiro atoms. The number of carbonyl (C=O) groups is 1. The number of nitrogens with one attached hydrogen (secondary N) is 1. The third-order valence-electron chi connectivity index (χ3n) is 3.90. The SMILES string of the molecule is COc1cccc(C(=O)N(Cc2c(C)cc(C)[nH]c2=O)CC(F)F)c1Cl. The molecule has 0 fully saturated rings. The maximum atomic E-state index is 13.0. The molecule has 140 valence electrons. The van der Waals surface area contributed by atoms with Crippen molar-refractivity contribution >= 4 is 17.5 Å². The molecule has 26 heavy (non-hydrogen) atoms. The van der Waals surface area contributed by atoms with Crippen LogP contribution in [0.5, 0.6) is 5.75 Å². The van der Waals surface area contributed by atoms with Gasteiger partial charge >= 0.3 is 0 Å². The molecule has 1 aromatic carbocycles. The van der Waals surface area contributed by atoms with Crippen molar-refractivity contribution in [1.29, 1.82) is 0 Å². The molecule has 5 nitrogen and oxygen atoms in total. The molecular weight excluding hydrogens is 366 g/mol. The van der Waals surface area contributed by atoms with Crippen molar-refractivity contribution in [3.05, 3.63) is 62.0 Å². The number of ether oxygens (including phenoxy) is 1. The summed E-state index contributed by atoms with van der Waals surface area (Å²) in [7, 11) is 1.39. The lowest BCUT2D eigenvalue weighted by Gasteiger charge is -2.24. The van der Waals surface area contributed by atoms with Crippen LogP contribution in [-0.4, -0.2) is 35.9 Å². The lowest BCUT2D eigenvalue weighted by Crippen LogP contribution is -2.37. The Labute approximate surface area is 154 Å². The first-order chi connectivity index (χ1) is 12.2. The number of aryl methyl sites for hydroxylation is 2. The van der Waals surface area contributed by atoms with E-state index >= 15 is 0 Å². The predicted molar refractivity (Wildman–Crippen MR) is 95.3 cm³/mol. The van der Waals surface area contributed by atoms with Crippen molar-refractivity contribution in [3.8, 4) is 5.75 Å². The molecule has 2 rings (SSSR count). The second-order valence-corrected chi connectivity index (χ2v) is 6.22. The molecule has 0 atom stereocenters. The molecule has 0 aliphatic rings. The molecule has 0 radical (unpaired) electrons. The summed E-state index contributed by atoms with van der Waals surface area (Å²) in [5, 5.41) is 0.0359. The molecular formula is C18H19ClF2N2O3. The highest BCUT2D eigenvalue weighted by atomic mass is 35.5. The van der Waals surface area contributed by atoms with E-state index in [4.69, 9.17) is 16.3 Å². The number of amides is 1. The first-order valence-corrected chi connectivity index (χ1v) is 8.21. The van der Waals surface area contributed by atoms with Gasteiger partial charge in [0.2, 0.25) is 0 Å². The number of aromatic nitrogens is 1. The maximum absolute atomic E-state index is 13.0. The minimum Gasteiger partial charge on any atom is -0.495 e. The molecule has 0 saturated heterocycles. The monoisotopic (exact) mass is 384 g/mol. The zero-order valence-corrected chi connectivity index (χ0v) is 15.4. The van der Waals surface area contributed by atoms with Gasteiger partial charge in [-0.2, -0.15) is 0 Å². The highest BCUT2D eigenvalue weighted by Gasteiger charge is 2.24. The summed E-state index contributed by atoms with van der Waals surface area (Å²) in [6.45, 7) is 2.34. The van der Waals surface area contributed by atoms with Gasteiger partial charge in [-0.3, -0.25) is 9.59 Å². The summed E-state index contributed by atoms with van der Waals surface area (Å²) in [4.78, 5) is 28.5. The second-order valence-electron chi connectivity index (χ2n) is 5.84. The number of nitrogens with zero attached hydrogens (tertiary/aromatic N) is 1. The number of pyridine rings is 1. The minimum atomic E-state index is -2.76. The molecule has 1 amide bonds. The van der Waals surface area contributed by atoms with Gasteiger partial charge < -0.3 is 14.6 Å². The topological polar surface area (TPSA) is 62.4 Å². The van der Waals surface area contributed by atoms with E-state index in [-0.39, 0.29) is 28.4 Å².